The third kappa shape index (κ3) is 2.02. The highest BCUT2D eigenvalue weighted by Gasteiger charge is 2.28. The number of piperazine rings is 1. The van der Waals surface area contributed by atoms with Crippen molar-refractivity contribution in [1.29, 1.82) is 0 Å². The monoisotopic (exact) mass is 275 g/mol. The van der Waals surface area contributed by atoms with Crippen LogP contribution in [-0.4, -0.2) is 51.7 Å². The SMILES string of the molecule is CCNc1nc(N2CCNC(=O)C2C)c2cn[nH]c2n1. The number of hydrogen-bond acceptors (Lipinski definition) is 6. The van der Waals surface area contributed by atoms with Gasteiger partial charge in [-0.1, -0.05) is 0 Å². The third-order valence-electron chi connectivity index (χ3n) is 3.40. The van der Waals surface area contributed by atoms with Crippen LogP contribution in [0.1, 0.15) is 13.8 Å². The first kappa shape index (κ1) is 12.6. The second kappa shape index (κ2) is 4.95. The van der Waals surface area contributed by atoms with E-state index in [-0.39, 0.29) is 11.9 Å². The maximum absolute atomic E-state index is 11.8. The molecule has 0 bridgehead atoms. The molecule has 0 aromatic carbocycles. The topological polar surface area (TPSA) is 98.8 Å². The molecule has 8 nitrogen and oxygen atoms in total. The summed E-state index contributed by atoms with van der Waals surface area (Å²) >= 11 is 0. The summed E-state index contributed by atoms with van der Waals surface area (Å²) in [7, 11) is 0. The van der Waals surface area contributed by atoms with Gasteiger partial charge in [0.25, 0.3) is 0 Å². The fourth-order valence-corrected chi connectivity index (χ4v) is 2.35. The van der Waals surface area contributed by atoms with Gasteiger partial charge in [-0.05, 0) is 13.8 Å². The summed E-state index contributed by atoms with van der Waals surface area (Å²) in [4.78, 5) is 22.7. The number of H-pyrrole nitrogens is 1. The number of anilines is 2. The van der Waals surface area contributed by atoms with Crippen molar-refractivity contribution < 1.29 is 4.79 Å². The van der Waals surface area contributed by atoms with Crippen molar-refractivity contribution in [3.05, 3.63) is 6.20 Å². The fourth-order valence-electron chi connectivity index (χ4n) is 2.35. The second-order valence-electron chi connectivity index (χ2n) is 4.69. The average Bonchev–Trinajstić information content (AvgIpc) is 2.90. The first-order valence-electron chi connectivity index (χ1n) is 6.70. The summed E-state index contributed by atoms with van der Waals surface area (Å²) in [6, 6.07) is -0.258. The average molecular weight is 275 g/mol. The van der Waals surface area contributed by atoms with E-state index in [1.165, 1.54) is 0 Å². The van der Waals surface area contributed by atoms with Gasteiger partial charge < -0.3 is 15.5 Å². The smallest absolute Gasteiger partial charge is 0.242 e. The van der Waals surface area contributed by atoms with Crippen molar-refractivity contribution in [1.82, 2.24) is 25.5 Å². The molecule has 8 heteroatoms. The van der Waals surface area contributed by atoms with Crippen LogP contribution < -0.4 is 15.5 Å². The van der Waals surface area contributed by atoms with Gasteiger partial charge in [-0.15, -0.1) is 0 Å². The molecule has 0 spiro atoms. The van der Waals surface area contributed by atoms with Crippen molar-refractivity contribution in [3.63, 3.8) is 0 Å². The Kier molecular flexibility index (Phi) is 3.13. The number of rotatable bonds is 3. The number of hydrogen-bond donors (Lipinski definition) is 3. The van der Waals surface area contributed by atoms with Crippen molar-refractivity contribution in [3.8, 4) is 0 Å². The highest BCUT2D eigenvalue weighted by Crippen LogP contribution is 2.26. The number of nitrogens with one attached hydrogen (secondary N) is 3. The molecule has 0 radical (unpaired) electrons. The van der Waals surface area contributed by atoms with Gasteiger partial charge in [-0.3, -0.25) is 9.89 Å². The first-order chi connectivity index (χ1) is 9.70. The van der Waals surface area contributed by atoms with E-state index in [0.29, 0.717) is 18.1 Å². The van der Waals surface area contributed by atoms with Gasteiger partial charge in [-0.25, -0.2) is 0 Å². The number of aromatic nitrogens is 4. The largest absolute Gasteiger partial charge is 0.354 e. The molecule has 1 aliphatic heterocycles. The summed E-state index contributed by atoms with van der Waals surface area (Å²) in [5.74, 6) is 1.29. The number of aromatic amines is 1. The predicted octanol–water partition coefficient (Wildman–Crippen LogP) is 0.109. The van der Waals surface area contributed by atoms with Gasteiger partial charge in [0.2, 0.25) is 11.9 Å². The minimum absolute atomic E-state index is 0.0107. The molecule has 3 heterocycles. The highest BCUT2D eigenvalue weighted by atomic mass is 16.2. The molecule has 106 valence electrons. The van der Waals surface area contributed by atoms with E-state index >= 15 is 0 Å². The van der Waals surface area contributed by atoms with E-state index in [0.717, 1.165) is 24.3 Å². The van der Waals surface area contributed by atoms with Gasteiger partial charge in [0.05, 0.1) is 11.6 Å². The Hall–Kier alpha value is -2.38. The predicted molar refractivity (Wildman–Crippen MR) is 75.7 cm³/mol. The second-order valence-corrected chi connectivity index (χ2v) is 4.69. The molecular formula is C12H17N7O. The number of fused-ring (bicyclic) bond motifs is 1. The summed E-state index contributed by atoms with van der Waals surface area (Å²) in [6.45, 7) is 5.92. The van der Waals surface area contributed by atoms with Crippen LogP contribution in [0.15, 0.2) is 6.20 Å². The number of nitrogens with zero attached hydrogens (tertiary/aromatic N) is 4. The zero-order valence-electron chi connectivity index (χ0n) is 11.5. The van der Waals surface area contributed by atoms with Crippen LogP contribution in [0.5, 0.6) is 0 Å². The van der Waals surface area contributed by atoms with Crippen LogP contribution in [0, 0.1) is 0 Å². The Bertz CT molecular complexity index is 638. The molecule has 20 heavy (non-hydrogen) atoms. The molecule has 1 amide bonds. The molecule has 3 N–H and O–H groups in total. The molecule has 0 aliphatic carbocycles. The van der Waals surface area contributed by atoms with Crippen LogP contribution >= 0.6 is 0 Å². The lowest BCUT2D eigenvalue weighted by Crippen LogP contribution is -2.54. The number of amides is 1. The molecule has 2 aromatic heterocycles. The Morgan fingerprint density at radius 2 is 2.35 bits per heavy atom. The molecule has 1 saturated heterocycles. The summed E-state index contributed by atoms with van der Waals surface area (Å²) in [5.41, 5.74) is 0.670. The highest BCUT2D eigenvalue weighted by molar-refractivity contribution is 5.92. The lowest BCUT2D eigenvalue weighted by atomic mass is 10.2. The molecule has 3 rings (SSSR count). The minimum Gasteiger partial charge on any atom is -0.354 e. The van der Waals surface area contributed by atoms with E-state index in [9.17, 15) is 4.79 Å². The van der Waals surface area contributed by atoms with Crippen LogP contribution in [0.3, 0.4) is 0 Å². The lowest BCUT2D eigenvalue weighted by molar-refractivity contribution is -0.122. The Morgan fingerprint density at radius 3 is 3.15 bits per heavy atom. The van der Waals surface area contributed by atoms with E-state index in [4.69, 9.17) is 0 Å². The van der Waals surface area contributed by atoms with E-state index in [2.05, 4.69) is 30.8 Å². The summed E-state index contributed by atoms with van der Waals surface area (Å²) in [6.07, 6.45) is 1.69. The summed E-state index contributed by atoms with van der Waals surface area (Å²) < 4.78 is 0. The molecule has 2 aromatic rings. The quantitative estimate of drug-likeness (QED) is 0.735. The van der Waals surface area contributed by atoms with Crippen molar-refractivity contribution in [2.45, 2.75) is 19.9 Å². The Morgan fingerprint density at radius 1 is 1.50 bits per heavy atom. The first-order valence-corrected chi connectivity index (χ1v) is 6.70. The van der Waals surface area contributed by atoms with Gasteiger partial charge >= 0.3 is 0 Å². The van der Waals surface area contributed by atoms with Crippen molar-refractivity contribution in [2.75, 3.05) is 29.9 Å². The van der Waals surface area contributed by atoms with Crippen LogP contribution in [0.2, 0.25) is 0 Å². The third-order valence-corrected chi connectivity index (χ3v) is 3.40. The van der Waals surface area contributed by atoms with Crippen LogP contribution in [-0.2, 0) is 4.79 Å². The maximum Gasteiger partial charge on any atom is 0.242 e. The van der Waals surface area contributed by atoms with Gasteiger partial charge in [-0.2, -0.15) is 15.1 Å². The molecule has 1 aliphatic rings. The molecular weight excluding hydrogens is 258 g/mol. The normalized spacial score (nSPS) is 19.2. The molecule has 1 fully saturated rings. The molecule has 1 atom stereocenters. The molecule has 1 unspecified atom stereocenters. The van der Waals surface area contributed by atoms with Gasteiger partial charge in [0.15, 0.2) is 5.65 Å². The lowest BCUT2D eigenvalue weighted by Gasteiger charge is -2.34. The van der Waals surface area contributed by atoms with Crippen molar-refractivity contribution >= 4 is 28.7 Å². The van der Waals surface area contributed by atoms with Gasteiger partial charge in [0, 0.05) is 19.6 Å². The summed E-state index contributed by atoms with van der Waals surface area (Å²) in [5, 5.41) is 13.7. The van der Waals surface area contributed by atoms with Crippen LogP contribution in [0.4, 0.5) is 11.8 Å². The van der Waals surface area contributed by atoms with E-state index in [1.54, 1.807) is 6.20 Å². The maximum atomic E-state index is 11.8. The van der Waals surface area contributed by atoms with Gasteiger partial charge in [0.1, 0.15) is 11.9 Å². The molecule has 0 saturated carbocycles. The van der Waals surface area contributed by atoms with Crippen molar-refractivity contribution in [2.24, 2.45) is 0 Å². The zero-order valence-corrected chi connectivity index (χ0v) is 11.5. The Labute approximate surface area is 116 Å². The van der Waals surface area contributed by atoms with E-state index < -0.39 is 0 Å². The van der Waals surface area contributed by atoms with E-state index in [1.807, 2.05) is 18.7 Å². The van der Waals surface area contributed by atoms with Crippen LogP contribution in [0.25, 0.3) is 11.0 Å². The number of carbonyl (C=O) groups is 1. The zero-order chi connectivity index (χ0) is 14.1. The number of carbonyl (C=O) groups excluding carboxylic acids is 1. The Balaban J connectivity index is 2.08. The standard InChI is InChI=1S/C12H17N7O/c1-3-13-12-16-9-8(6-15-18-9)10(17-12)19-5-4-14-11(20)7(19)2/h6-7H,3-5H2,1-2H3,(H,14,20)(H2,13,15,16,17,18). The minimum atomic E-state index is -0.258. The fraction of sp³-hybridized carbons (Fsp3) is 0.500.